The number of carbonyl (C=O) groups excluding carboxylic acids is 1. The van der Waals surface area contributed by atoms with Crippen molar-refractivity contribution in [2.24, 2.45) is 0 Å². The highest BCUT2D eigenvalue weighted by molar-refractivity contribution is 5.89. The average Bonchev–Trinajstić information content (AvgIpc) is 2.40. The lowest BCUT2D eigenvalue weighted by molar-refractivity contribution is -0.115. The molecule has 0 unspecified atom stereocenters. The molecule has 17 heavy (non-hydrogen) atoms. The second-order valence-corrected chi connectivity index (χ2v) is 3.46. The number of rotatable bonds is 3. The van der Waals surface area contributed by atoms with Crippen LogP contribution in [-0.4, -0.2) is 20.9 Å². The van der Waals surface area contributed by atoms with Crippen LogP contribution in [0.25, 0.3) is 11.1 Å². The molecule has 0 bridgehead atoms. The first-order chi connectivity index (χ1) is 8.29. The molecule has 0 spiro atoms. The summed E-state index contributed by atoms with van der Waals surface area (Å²) in [5.74, 6) is 0.505. The summed E-state index contributed by atoms with van der Waals surface area (Å²) in [5, 5.41) is 2.69. The van der Waals surface area contributed by atoms with Gasteiger partial charge in [-0.05, 0) is 12.1 Å². The van der Waals surface area contributed by atoms with Gasteiger partial charge in [0, 0.05) is 36.1 Å². The Balaban J connectivity index is 2.16. The number of amides is 1. The highest BCUT2D eigenvalue weighted by Crippen LogP contribution is 2.17. The minimum Gasteiger partial charge on any atom is -0.311 e. The summed E-state index contributed by atoms with van der Waals surface area (Å²) >= 11 is 0. The van der Waals surface area contributed by atoms with E-state index in [1.54, 1.807) is 31.6 Å². The van der Waals surface area contributed by atoms with Gasteiger partial charge in [-0.25, -0.2) is 15.0 Å². The first-order valence-electron chi connectivity index (χ1n) is 5.31. The van der Waals surface area contributed by atoms with Crippen molar-refractivity contribution in [1.82, 2.24) is 15.0 Å². The highest BCUT2D eigenvalue weighted by atomic mass is 16.1. The van der Waals surface area contributed by atoms with E-state index >= 15 is 0 Å². The quantitative estimate of drug-likeness (QED) is 0.871. The van der Waals surface area contributed by atoms with E-state index in [1.165, 1.54) is 6.33 Å². The zero-order valence-electron chi connectivity index (χ0n) is 9.42. The Bertz CT molecular complexity index is 496. The van der Waals surface area contributed by atoms with Gasteiger partial charge >= 0.3 is 0 Å². The summed E-state index contributed by atoms with van der Waals surface area (Å²) in [5.41, 5.74) is 1.81. The Labute approximate surface area is 99.0 Å². The predicted octanol–water partition coefficient (Wildman–Crippen LogP) is 1.89. The number of anilines is 1. The van der Waals surface area contributed by atoms with Gasteiger partial charge in [0.15, 0.2) is 0 Å². The molecule has 0 aliphatic heterocycles. The monoisotopic (exact) mass is 228 g/mol. The molecule has 2 rings (SSSR count). The molecular formula is C12H12N4O. The maximum absolute atomic E-state index is 11.2. The standard InChI is InChI=1S/C12H12N4O/c1-2-12(17)16-11-4-3-9(7-15-11)10-5-13-8-14-6-10/h3-8H,2H2,1H3,(H,15,16,17). The van der Waals surface area contributed by atoms with Gasteiger partial charge in [-0.2, -0.15) is 0 Å². The Morgan fingerprint density at radius 3 is 2.53 bits per heavy atom. The smallest absolute Gasteiger partial charge is 0.225 e. The molecule has 0 fully saturated rings. The normalized spacial score (nSPS) is 9.94. The summed E-state index contributed by atoms with van der Waals surface area (Å²) in [6.07, 6.45) is 7.04. The van der Waals surface area contributed by atoms with Crippen LogP contribution in [0.15, 0.2) is 37.1 Å². The number of carbonyl (C=O) groups is 1. The second-order valence-electron chi connectivity index (χ2n) is 3.46. The summed E-state index contributed by atoms with van der Waals surface area (Å²) < 4.78 is 0. The van der Waals surface area contributed by atoms with Gasteiger partial charge in [0.2, 0.25) is 5.91 Å². The van der Waals surface area contributed by atoms with Gasteiger partial charge in [-0.1, -0.05) is 6.92 Å². The Kier molecular flexibility index (Phi) is 3.40. The first kappa shape index (κ1) is 11.2. The van der Waals surface area contributed by atoms with E-state index < -0.39 is 0 Å². The molecule has 5 nitrogen and oxygen atoms in total. The minimum atomic E-state index is -0.0479. The molecule has 0 aliphatic rings. The average molecular weight is 228 g/mol. The molecule has 0 radical (unpaired) electrons. The van der Waals surface area contributed by atoms with Gasteiger partial charge in [-0.3, -0.25) is 4.79 Å². The molecule has 0 saturated carbocycles. The van der Waals surface area contributed by atoms with E-state index in [1.807, 2.05) is 6.07 Å². The van der Waals surface area contributed by atoms with Crippen molar-refractivity contribution in [3.8, 4) is 11.1 Å². The van der Waals surface area contributed by atoms with Crippen LogP contribution in [0.5, 0.6) is 0 Å². The summed E-state index contributed by atoms with van der Waals surface area (Å²) in [4.78, 5) is 23.2. The van der Waals surface area contributed by atoms with E-state index in [0.29, 0.717) is 12.2 Å². The summed E-state index contributed by atoms with van der Waals surface area (Å²) in [7, 11) is 0. The number of nitrogens with one attached hydrogen (secondary N) is 1. The Morgan fingerprint density at radius 2 is 1.94 bits per heavy atom. The number of aromatic nitrogens is 3. The lowest BCUT2D eigenvalue weighted by atomic mass is 10.1. The zero-order valence-corrected chi connectivity index (χ0v) is 9.42. The van der Waals surface area contributed by atoms with Gasteiger partial charge in [-0.15, -0.1) is 0 Å². The molecular weight excluding hydrogens is 216 g/mol. The van der Waals surface area contributed by atoms with Crippen molar-refractivity contribution < 1.29 is 4.79 Å². The number of hydrogen-bond acceptors (Lipinski definition) is 4. The highest BCUT2D eigenvalue weighted by Gasteiger charge is 2.01. The molecule has 0 aromatic carbocycles. The molecule has 5 heteroatoms. The molecule has 2 aromatic rings. The van der Waals surface area contributed by atoms with Crippen molar-refractivity contribution in [2.45, 2.75) is 13.3 Å². The fourth-order valence-electron chi connectivity index (χ4n) is 1.32. The first-order valence-corrected chi connectivity index (χ1v) is 5.31. The van der Waals surface area contributed by atoms with Crippen LogP contribution in [0.4, 0.5) is 5.82 Å². The molecule has 2 heterocycles. The van der Waals surface area contributed by atoms with Crippen LogP contribution >= 0.6 is 0 Å². The molecule has 1 N–H and O–H groups in total. The van der Waals surface area contributed by atoms with Gasteiger partial charge in [0.05, 0.1) is 0 Å². The third-order valence-electron chi connectivity index (χ3n) is 2.25. The molecule has 0 saturated heterocycles. The molecule has 1 amide bonds. The molecule has 0 atom stereocenters. The van der Waals surface area contributed by atoms with Crippen LogP contribution in [0.3, 0.4) is 0 Å². The van der Waals surface area contributed by atoms with Gasteiger partial charge in [0.25, 0.3) is 0 Å². The third kappa shape index (κ3) is 2.84. The van der Waals surface area contributed by atoms with E-state index in [9.17, 15) is 4.79 Å². The molecule has 0 aliphatic carbocycles. The van der Waals surface area contributed by atoms with Gasteiger partial charge < -0.3 is 5.32 Å². The maximum Gasteiger partial charge on any atom is 0.225 e. The van der Waals surface area contributed by atoms with E-state index in [2.05, 4.69) is 20.3 Å². The lowest BCUT2D eigenvalue weighted by Gasteiger charge is -2.04. The maximum atomic E-state index is 11.2. The van der Waals surface area contributed by atoms with Crippen LogP contribution in [0, 0.1) is 0 Å². The van der Waals surface area contributed by atoms with Crippen molar-refractivity contribution in [1.29, 1.82) is 0 Å². The van der Waals surface area contributed by atoms with Crippen molar-refractivity contribution in [2.75, 3.05) is 5.32 Å². The third-order valence-corrected chi connectivity index (χ3v) is 2.25. The number of nitrogens with zero attached hydrogens (tertiary/aromatic N) is 3. The van der Waals surface area contributed by atoms with Crippen molar-refractivity contribution >= 4 is 11.7 Å². The second kappa shape index (κ2) is 5.16. The Morgan fingerprint density at radius 1 is 1.18 bits per heavy atom. The largest absolute Gasteiger partial charge is 0.311 e. The van der Waals surface area contributed by atoms with Crippen molar-refractivity contribution in [3.05, 3.63) is 37.1 Å². The Hall–Kier alpha value is -2.30. The fraction of sp³-hybridized carbons (Fsp3) is 0.167. The van der Waals surface area contributed by atoms with E-state index in [-0.39, 0.29) is 5.91 Å². The number of hydrogen-bond donors (Lipinski definition) is 1. The van der Waals surface area contributed by atoms with E-state index in [4.69, 9.17) is 0 Å². The lowest BCUT2D eigenvalue weighted by Crippen LogP contribution is -2.10. The summed E-state index contributed by atoms with van der Waals surface area (Å²) in [6.45, 7) is 1.80. The van der Waals surface area contributed by atoms with Crippen molar-refractivity contribution in [3.63, 3.8) is 0 Å². The fourth-order valence-corrected chi connectivity index (χ4v) is 1.32. The zero-order chi connectivity index (χ0) is 12.1. The van der Waals surface area contributed by atoms with Crippen LogP contribution < -0.4 is 5.32 Å². The van der Waals surface area contributed by atoms with Gasteiger partial charge in [0.1, 0.15) is 12.1 Å². The predicted molar refractivity (Wildman–Crippen MR) is 64.2 cm³/mol. The molecule has 86 valence electrons. The van der Waals surface area contributed by atoms with Crippen LogP contribution in [0.1, 0.15) is 13.3 Å². The van der Waals surface area contributed by atoms with Crippen LogP contribution in [0.2, 0.25) is 0 Å². The summed E-state index contributed by atoms with van der Waals surface area (Å²) in [6, 6.07) is 3.63. The minimum absolute atomic E-state index is 0.0479. The van der Waals surface area contributed by atoms with E-state index in [0.717, 1.165) is 11.1 Å². The number of pyridine rings is 1. The molecule has 2 aromatic heterocycles. The SMILES string of the molecule is CCC(=O)Nc1ccc(-c2cncnc2)cn1. The van der Waals surface area contributed by atoms with Crippen LogP contribution in [-0.2, 0) is 4.79 Å². The topological polar surface area (TPSA) is 67.8 Å².